The lowest BCUT2D eigenvalue weighted by atomic mass is 9.84. The summed E-state index contributed by atoms with van der Waals surface area (Å²) in [6.45, 7) is 10.7. The van der Waals surface area contributed by atoms with Crippen LogP contribution in [0, 0.1) is 4.64 Å². The molecule has 0 bridgehead atoms. The lowest BCUT2D eigenvalue weighted by Gasteiger charge is -2.31. The maximum atomic E-state index is 13.9. The second-order valence-electron chi connectivity index (χ2n) is 13.3. The van der Waals surface area contributed by atoms with E-state index in [0.29, 0.717) is 11.5 Å². The number of fused-ring (bicyclic) bond motifs is 2. The minimum atomic E-state index is 0.0397. The zero-order chi connectivity index (χ0) is 31.9. The molecule has 0 saturated heterocycles. The van der Waals surface area contributed by atoms with E-state index in [2.05, 4.69) is 67.5 Å². The van der Waals surface area contributed by atoms with Crippen molar-refractivity contribution in [3.8, 4) is 0 Å². The van der Waals surface area contributed by atoms with Crippen LogP contribution >= 0.6 is 24.4 Å². The summed E-state index contributed by atoms with van der Waals surface area (Å²) in [6.07, 6.45) is 14.6. The van der Waals surface area contributed by atoms with Crippen LogP contribution < -0.4 is 5.35 Å². The van der Waals surface area contributed by atoms with Gasteiger partial charge in [0.1, 0.15) is 9.63 Å². The molecular weight excluding hydrogens is 601 g/mol. The molecule has 3 nitrogen and oxygen atoms in total. The average Bonchev–Trinajstić information content (AvgIpc) is 3.07. The largest absolute Gasteiger partial charge is 0.332 e. The van der Waals surface area contributed by atoms with Crippen molar-refractivity contribution in [2.45, 2.75) is 97.4 Å². The Kier molecular flexibility index (Phi) is 8.82. The Morgan fingerprint density at radius 2 is 1.00 bits per heavy atom. The monoisotopic (exact) mass is 644 g/mol. The molecule has 7 rings (SSSR count). The summed E-state index contributed by atoms with van der Waals surface area (Å²) in [5, 5.41) is 12.6. The van der Waals surface area contributed by atoms with E-state index in [0.717, 1.165) is 73.9 Å². The number of unbranched alkanes of at least 4 members (excludes halogenated alkanes) is 10. The number of pyridine rings is 1. The first-order valence-corrected chi connectivity index (χ1v) is 18.4. The van der Waals surface area contributed by atoms with E-state index in [1.165, 1.54) is 84.7 Å². The highest BCUT2D eigenvalue weighted by Gasteiger charge is 2.31. The summed E-state index contributed by atoms with van der Waals surface area (Å²) < 4.78 is 3.15. The predicted molar refractivity (Wildman–Crippen MR) is 204 cm³/mol. The number of benzene rings is 5. The number of carbonyl (C=O) groups excluding carboxylic acids is 1. The fourth-order valence-corrected chi connectivity index (χ4v) is 8.72. The molecule has 0 fully saturated rings. The third kappa shape index (κ3) is 5.02. The second-order valence-corrected chi connectivity index (χ2v) is 14.1. The van der Waals surface area contributed by atoms with Crippen molar-refractivity contribution in [2.24, 2.45) is 0 Å². The van der Waals surface area contributed by atoms with Crippen molar-refractivity contribution >= 4 is 95.8 Å². The summed E-state index contributed by atoms with van der Waals surface area (Å²) in [4.78, 5) is 16.4. The van der Waals surface area contributed by atoms with Gasteiger partial charge in [0.25, 0.3) is 5.91 Å². The molecule has 0 radical (unpaired) electrons. The summed E-state index contributed by atoms with van der Waals surface area (Å²) in [7, 11) is 0. The molecule has 5 heteroatoms. The zero-order valence-corrected chi connectivity index (χ0v) is 29.0. The van der Waals surface area contributed by atoms with Crippen LogP contribution in [0.15, 0.2) is 48.5 Å². The van der Waals surface area contributed by atoms with E-state index < -0.39 is 0 Å². The van der Waals surface area contributed by atoms with Gasteiger partial charge in [0.05, 0.1) is 0 Å². The van der Waals surface area contributed by atoms with Gasteiger partial charge in [0.15, 0.2) is 0 Å². The van der Waals surface area contributed by atoms with Crippen molar-refractivity contribution in [3.05, 3.63) is 69.6 Å². The average molecular weight is 645 g/mol. The molecule has 0 unspecified atom stereocenters. The van der Waals surface area contributed by atoms with E-state index >= 15 is 0 Å². The fraction of sp³-hybridized carbons (Fsp3) is 0.390. The SMILES string of the molecule is C=c1c2ccc3c4ccc5c6c(ccc(c7ccc(c(=S)n1CCCCCCCC)c2c37)c64)C(=O)N(CCCCCCCC)C5=S. The van der Waals surface area contributed by atoms with Gasteiger partial charge in [-0.2, -0.15) is 0 Å². The van der Waals surface area contributed by atoms with Crippen LogP contribution in [0.5, 0.6) is 0 Å². The number of carbonyl (C=O) groups is 1. The minimum absolute atomic E-state index is 0.0397. The van der Waals surface area contributed by atoms with Crippen molar-refractivity contribution in [1.29, 1.82) is 0 Å². The van der Waals surface area contributed by atoms with Crippen LogP contribution in [-0.2, 0) is 6.54 Å². The normalized spacial score (nSPS) is 13.6. The van der Waals surface area contributed by atoms with Gasteiger partial charge in [-0.05, 0) is 51.2 Å². The molecule has 236 valence electrons. The Morgan fingerprint density at radius 3 is 1.63 bits per heavy atom. The number of nitrogens with zero attached hydrogens (tertiary/aromatic N) is 2. The van der Waals surface area contributed by atoms with Crippen LogP contribution in [0.4, 0.5) is 0 Å². The minimum Gasteiger partial charge on any atom is -0.332 e. The number of amides is 1. The van der Waals surface area contributed by atoms with Crippen molar-refractivity contribution in [2.75, 3.05) is 6.54 Å². The first-order chi connectivity index (χ1) is 22.5. The van der Waals surface area contributed by atoms with Crippen molar-refractivity contribution in [3.63, 3.8) is 0 Å². The summed E-state index contributed by atoms with van der Waals surface area (Å²) in [6, 6.07) is 17.5. The Hall–Kier alpha value is -3.41. The molecule has 1 aromatic heterocycles. The molecule has 1 amide bonds. The molecule has 5 aromatic carbocycles. The van der Waals surface area contributed by atoms with Crippen molar-refractivity contribution in [1.82, 2.24) is 9.47 Å². The van der Waals surface area contributed by atoms with Crippen LogP contribution in [0.2, 0.25) is 0 Å². The highest BCUT2D eigenvalue weighted by Crippen LogP contribution is 2.45. The molecular formula is C41H44N2OS2. The third-order valence-electron chi connectivity index (χ3n) is 10.4. The van der Waals surface area contributed by atoms with Crippen LogP contribution in [-0.4, -0.2) is 26.9 Å². The first-order valence-electron chi connectivity index (χ1n) is 17.5. The molecule has 1 aliphatic rings. The van der Waals surface area contributed by atoms with Gasteiger partial charge in [-0.1, -0.05) is 152 Å². The van der Waals surface area contributed by atoms with Gasteiger partial charge in [-0.25, -0.2) is 0 Å². The third-order valence-corrected chi connectivity index (χ3v) is 11.3. The lowest BCUT2D eigenvalue weighted by molar-refractivity contribution is 0.0847. The number of thiocarbonyl (C=S) groups is 1. The van der Waals surface area contributed by atoms with E-state index in [9.17, 15) is 4.79 Å². The van der Waals surface area contributed by atoms with E-state index in [4.69, 9.17) is 24.4 Å². The fourth-order valence-electron chi connectivity index (χ4n) is 8.00. The van der Waals surface area contributed by atoms with Crippen molar-refractivity contribution < 1.29 is 4.79 Å². The van der Waals surface area contributed by atoms with Gasteiger partial charge < -0.3 is 4.57 Å². The maximum Gasteiger partial charge on any atom is 0.259 e. The topological polar surface area (TPSA) is 25.2 Å². The van der Waals surface area contributed by atoms with E-state index in [-0.39, 0.29) is 5.91 Å². The molecule has 0 N–H and O–H groups in total. The number of hydrogen-bond donors (Lipinski definition) is 0. The number of rotatable bonds is 14. The molecule has 1 aliphatic heterocycles. The Bertz CT molecular complexity index is 2100. The van der Waals surface area contributed by atoms with Gasteiger partial charge in [-0.3, -0.25) is 9.69 Å². The molecule has 46 heavy (non-hydrogen) atoms. The summed E-state index contributed by atoms with van der Waals surface area (Å²) in [5.74, 6) is 0.0397. The van der Waals surface area contributed by atoms with Gasteiger partial charge in [0, 0.05) is 51.1 Å². The zero-order valence-electron chi connectivity index (χ0n) is 27.3. The standard InChI is InChI=1S/C41H44N2OS2/c1-4-6-8-10-12-14-24-42-26(3)27-16-17-28-31-20-23-34-38-32(39(44)43(41(34)46)25-15-13-11-9-7-5-2)21-18-29(37(31)38)30-19-22-33(40(42)45)35(27)36(28)30/h16-23H,3-15,24-25H2,1-2H3. The molecule has 0 aliphatic carbocycles. The quantitative estimate of drug-likeness (QED) is 0.0510. The Balaban J connectivity index is 1.32. The van der Waals surface area contributed by atoms with Gasteiger partial charge in [0.2, 0.25) is 0 Å². The van der Waals surface area contributed by atoms with E-state index in [1.54, 1.807) is 0 Å². The number of aromatic nitrogens is 1. The molecule has 2 heterocycles. The smallest absolute Gasteiger partial charge is 0.259 e. The molecule has 0 saturated carbocycles. The van der Waals surface area contributed by atoms with Crippen LogP contribution in [0.1, 0.15) is 107 Å². The Labute approximate surface area is 282 Å². The van der Waals surface area contributed by atoms with Gasteiger partial charge in [-0.15, -0.1) is 0 Å². The van der Waals surface area contributed by atoms with E-state index in [1.807, 2.05) is 11.0 Å². The maximum absolute atomic E-state index is 13.9. The van der Waals surface area contributed by atoms with Gasteiger partial charge >= 0.3 is 0 Å². The second kappa shape index (κ2) is 13.0. The van der Waals surface area contributed by atoms with Crippen LogP contribution in [0.3, 0.4) is 0 Å². The lowest BCUT2D eigenvalue weighted by Crippen LogP contribution is -2.40. The molecule has 0 atom stereocenters. The predicted octanol–water partition coefficient (Wildman–Crippen LogP) is 11.4. The highest BCUT2D eigenvalue weighted by molar-refractivity contribution is 7.80. The molecule has 0 spiro atoms. The van der Waals surface area contributed by atoms with Crippen LogP contribution in [0.25, 0.3) is 60.4 Å². The number of hydrogen-bond acceptors (Lipinski definition) is 3. The summed E-state index contributed by atoms with van der Waals surface area (Å²) in [5.41, 5.74) is 1.77. The Morgan fingerprint density at radius 1 is 0.543 bits per heavy atom. The highest BCUT2D eigenvalue weighted by atomic mass is 32.1. The summed E-state index contributed by atoms with van der Waals surface area (Å²) >= 11 is 12.2. The molecule has 6 aromatic rings. The first kappa shape index (κ1) is 31.2.